The van der Waals surface area contributed by atoms with Crippen LogP contribution in [0.2, 0.25) is 0 Å². The maximum Gasteiger partial charge on any atom is 0.114 e. The largest absolute Gasteiger partial charge is 0.366 e. The number of hydrogen-bond acceptors (Lipinski definition) is 2. The molecule has 2 heteroatoms. The normalized spacial score (nSPS) is 40.3. The van der Waals surface area contributed by atoms with Crippen LogP contribution < -0.4 is 5.32 Å². The van der Waals surface area contributed by atoms with Crippen molar-refractivity contribution in [3.05, 3.63) is 6.10 Å². The van der Waals surface area contributed by atoms with Crippen LogP contribution in [0.4, 0.5) is 0 Å². The summed E-state index contributed by atoms with van der Waals surface area (Å²) in [6.45, 7) is 2.06. The SMILES string of the molecule is C1NCC2C[C]1O2. The van der Waals surface area contributed by atoms with Gasteiger partial charge in [0.15, 0.2) is 0 Å². The van der Waals surface area contributed by atoms with Gasteiger partial charge in [-0.3, -0.25) is 0 Å². The summed E-state index contributed by atoms with van der Waals surface area (Å²) in [5.74, 6) is 0. The van der Waals surface area contributed by atoms with E-state index >= 15 is 0 Å². The lowest BCUT2D eigenvalue weighted by Crippen LogP contribution is -2.50. The van der Waals surface area contributed by atoms with E-state index in [0.29, 0.717) is 6.10 Å². The van der Waals surface area contributed by atoms with Crippen molar-refractivity contribution in [2.24, 2.45) is 0 Å². The topological polar surface area (TPSA) is 21.3 Å². The van der Waals surface area contributed by atoms with Gasteiger partial charge in [0.1, 0.15) is 6.10 Å². The van der Waals surface area contributed by atoms with Gasteiger partial charge in [-0.05, 0) is 0 Å². The minimum atomic E-state index is 0.531. The Bertz CT molecular complexity index is 64.6. The van der Waals surface area contributed by atoms with E-state index < -0.39 is 0 Å². The Kier molecular flexibility index (Phi) is 0.664. The van der Waals surface area contributed by atoms with Crippen molar-refractivity contribution in [3.8, 4) is 0 Å². The zero-order valence-electron chi connectivity index (χ0n) is 4.11. The predicted octanol–water partition coefficient (Wildman–Crippen LogP) is -0.0895. The number of fused-ring (bicyclic) bond motifs is 2. The molecule has 2 nitrogen and oxygen atoms in total. The van der Waals surface area contributed by atoms with Crippen LogP contribution in [0.3, 0.4) is 0 Å². The van der Waals surface area contributed by atoms with Crippen molar-refractivity contribution < 1.29 is 4.74 Å². The number of morpholine rings is 1. The lowest BCUT2D eigenvalue weighted by Gasteiger charge is -2.40. The van der Waals surface area contributed by atoms with E-state index in [9.17, 15) is 0 Å². The summed E-state index contributed by atoms with van der Waals surface area (Å²) < 4.78 is 5.23. The zero-order chi connectivity index (χ0) is 4.69. The van der Waals surface area contributed by atoms with Crippen LogP contribution in [0, 0.1) is 6.10 Å². The van der Waals surface area contributed by atoms with Crippen molar-refractivity contribution in [2.75, 3.05) is 13.1 Å². The van der Waals surface area contributed by atoms with E-state index in [2.05, 4.69) is 5.32 Å². The van der Waals surface area contributed by atoms with Gasteiger partial charge in [-0.15, -0.1) is 0 Å². The molecule has 7 heavy (non-hydrogen) atoms. The lowest BCUT2D eigenvalue weighted by atomic mass is 10.0. The van der Waals surface area contributed by atoms with Crippen LogP contribution in [0.15, 0.2) is 0 Å². The Morgan fingerprint density at radius 3 is 2.71 bits per heavy atom. The zero-order valence-corrected chi connectivity index (χ0v) is 4.11. The highest BCUT2D eigenvalue weighted by Gasteiger charge is 2.34. The van der Waals surface area contributed by atoms with E-state index in [1.165, 1.54) is 12.5 Å². The standard InChI is InChI=1S/C5H8NO/c1-4-2-6-3-5(1)7-4/h4,6H,1-3H2. The third kappa shape index (κ3) is 0.469. The van der Waals surface area contributed by atoms with Crippen LogP contribution in [0.25, 0.3) is 0 Å². The monoisotopic (exact) mass is 98.1 g/mol. The van der Waals surface area contributed by atoms with Crippen molar-refractivity contribution in [2.45, 2.75) is 12.5 Å². The minimum absolute atomic E-state index is 0.531. The number of nitrogens with one attached hydrogen (secondary N) is 1. The van der Waals surface area contributed by atoms with E-state index in [1.54, 1.807) is 0 Å². The highest BCUT2D eigenvalue weighted by atomic mass is 16.5. The van der Waals surface area contributed by atoms with Crippen molar-refractivity contribution >= 4 is 0 Å². The molecule has 1 unspecified atom stereocenters. The van der Waals surface area contributed by atoms with E-state index in [4.69, 9.17) is 4.74 Å². The number of hydrogen-bond donors (Lipinski definition) is 1. The third-order valence-corrected chi connectivity index (χ3v) is 1.48. The van der Waals surface area contributed by atoms with Crippen molar-refractivity contribution in [3.63, 3.8) is 0 Å². The second-order valence-electron chi connectivity index (χ2n) is 2.11. The van der Waals surface area contributed by atoms with Crippen molar-refractivity contribution in [1.29, 1.82) is 0 Å². The van der Waals surface area contributed by atoms with Crippen molar-refractivity contribution in [1.82, 2.24) is 5.32 Å². The number of piperidine rings is 1. The lowest BCUT2D eigenvalue weighted by molar-refractivity contribution is -0.0669. The van der Waals surface area contributed by atoms with Crippen LogP contribution >= 0.6 is 0 Å². The summed E-state index contributed by atoms with van der Waals surface area (Å²) in [5.41, 5.74) is 0. The highest BCUT2D eigenvalue weighted by molar-refractivity contribution is 5.00. The molecule has 0 spiro atoms. The molecule has 2 bridgehead atoms. The van der Waals surface area contributed by atoms with E-state index in [0.717, 1.165) is 13.1 Å². The molecular weight excluding hydrogens is 90.1 g/mol. The second kappa shape index (κ2) is 1.20. The maximum atomic E-state index is 5.23. The van der Waals surface area contributed by atoms with Gasteiger partial charge in [0, 0.05) is 19.5 Å². The maximum absolute atomic E-state index is 5.23. The van der Waals surface area contributed by atoms with Crippen LogP contribution in [0.1, 0.15) is 6.42 Å². The summed E-state index contributed by atoms with van der Waals surface area (Å²) in [6, 6.07) is 0. The summed E-state index contributed by atoms with van der Waals surface area (Å²) >= 11 is 0. The van der Waals surface area contributed by atoms with Crippen LogP contribution in [-0.4, -0.2) is 19.2 Å². The minimum Gasteiger partial charge on any atom is -0.366 e. The first-order valence-corrected chi connectivity index (χ1v) is 2.67. The van der Waals surface area contributed by atoms with Gasteiger partial charge < -0.3 is 10.1 Å². The molecule has 0 aromatic heterocycles. The summed E-state index contributed by atoms with van der Waals surface area (Å²) in [4.78, 5) is 0. The Morgan fingerprint density at radius 1 is 1.71 bits per heavy atom. The van der Waals surface area contributed by atoms with E-state index in [-0.39, 0.29) is 0 Å². The second-order valence-corrected chi connectivity index (χ2v) is 2.11. The fourth-order valence-corrected chi connectivity index (χ4v) is 1.08. The third-order valence-electron chi connectivity index (χ3n) is 1.48. The molecule has 3 saturated heterocycles. The van der Waals surface area contributed by atoms with Gasteiger partial charge in [-0.25, -0.2) is 0 Å². The van der Waals surface area contributed by atoms with Crippen LogP contribution in [-0.2, 0) is 4.74 Å². The van der Waals surface area contributed by atoms with Gasteiger partial charge in [0.25, 0.3) is 0 Å². The summed E-state index contributed by atoms with van der Waals surface area (Å²) in [6.07, 6.45) is 2.99. The average Bonchev–Trinajstić information content (AvgIpc) is 1.67. The highest BCUT2D eigenvalue weighted by Crippen LogP contribution is 2.29. The van der Waals surface area contributed by atoms with Gasteiger partial charge in [-0.1, -0.05) is 0 Å². The molecule has 3 aliphatic heterocycles. The first kappa shape index (κ1) is 3.87. The molecule has 1 atom stereocenters. The van der Waals surface area contributed by atoms with E-state index in [1.807, 2.05) is 0 Å². The molecule has 0 aromatic carbocycles. The molecule has 1 N–H and O–H groups in total. The van der Waals surface area contributed by atoms with Crippen LogP contribution in [0.5, 0.6) is 0 Å². The molecular formula is C5H8NO. The predicted molar refractivity (Wildman–Crippen MR) is 25.6 cm³/mol. The first-order valence-electron chi connectivity index (χ1n) is 2.67. The molecule has 3 rings (SSSR count). The Labute approximate surface area is 42.9 Å². The van der Waals surface area contributed by atoms with Gasteiger partial charge in [0.2, 0.25) is 0 Å². The molecule has 3 fully saturated rings. The molecule has 3 heterocycles. The molecule has 0 amide bonds. The average molecular weight is 98.1 g/mol. The summed E-state index contributed by atoms with van der Waals surface area (Å²) in [7, 11) is 0. The Morgan fingerprint density at radius 2 is 2.57 bits per heavy atom. The quantitative estimate of drug-likeness (QED) is 0.457. The Hall–Kier alpha value is -0.0800. The fourth-order valence-electron chi connectivity index (χ4n) is 1.08. The molecule has 39 valence electrons. The number of rotatable bonds is 0. The Balaban J connectivity index is 1.99. The molecule has 0 aliphatic carbocycles. The molecule has 3 aliphatic rings. The summed E-state index contributed by atoms with van der Waals surface area (Å²) in [5, 5.41) is 3.22. The molecule has 0 aromatic rings. The smallest absolute Gasteiger partial charge is 0.114 e. The number of ether oxygens (including phenoxy) is 1. The van der Waals surface area contributed by atoms with Gasteiger partial charge in [0.05, 0.1) is 6.10 Å². The van der Waals surface area contributed by atoms with Gasteiger partial charge in [-0.2, -0.15) is 0 Å². The molecule has 1 radical (unpaired) electrons. The molecule has 0 saturated carbocycles. The first-order chi connectivity index (χ1) is 3.45. The van der Waals surface area contributed by atoms with Gasteiger partial charge >= 0.3 is 0 Å². The fraction of sp³-hybridized carbons (Fsp3) is 0.800.